The topological polar surface area (TPSA) is 61.8 Å². The zero-order valence-corrected chi connectivity index (χ0v) is 13.5. The van der Waals surface area contributed by atoms with Crippen LogP contribution in [0.3, 0.4) is 0 Å². The number of rotatable bonds is 0. The Balaban J connectivity index is 2.24. The summed E-state index contributed by atoms with van der Waals surface area (Å²) in [5.41, 5.74) is 3.68. The summed E-state index contributed by atoms with van der Waals surface area (Å²) in [5, 5.41) is 24.7. The van der Waals surface area contributed by atoms with Crippen LogP contribution in [-0.4, -0.2) is 14.9 Å². The van der Waals surface area contributed by atoms with Gasteiger partial charge in [0.2, 0.25) is 0 Å². The van der Waals surface area contributed by atoms with Crippen LogP contribution < -0.4 is 0 Å². The second kappa shape index (κ2) is 4.13. The maximum atomic E-state index is 10.5. The molecule has 0 radical (unpaired) electrons. The highest BCUT2D eigenvalue weighted by atomic mass is 16.3. The van der Waals surface area contributed by atoms with Gasteiger partial charge in [-0.2, -0.15) is 10.4 Å². The van der Waals surface area contributed by atoms with E-state index in [1.165, 1.54) is 11.3 Å². The molecule has 2 atom stereocenters. The van der Waals surface area contributed by atoms with Crippen molar-refractivity contribution in [2.24, 2.45) is 18.4 Å². The number of nitriles is 1. The number of aryl methyl sites for hydroxylation is 1. The molecule has 0 aromatic carbocycles. The molecule has 4 heteroatoms. The first-order chi connectivity index (χ1) is 9.73. The van der Waals surface area contributed by atoms with Crippen LogP contribution in [0.15, 0.2) is 11.3 Å². The zero-order chi connectivity index (χ0) is 15.6. The first-order valence-electron chi connectivity index (χ1n) is 7.59. The standard InChI is InChI=1S/C17H23N3O/c1-10-12-6-7-13-16(2,3)15(21)11(9-18)8-17(13,4)14(12)19-20(10)5/h13,21H,6-8H2,1-5H3/t13-,17-/m0/s1. The molecular weight excluding hydrogens is 262 g/mol. The summed E-state index contributed by atoms with van der Waals surface area (Å²) < 4.78 is 1.95. The highest BCUT2D eigenvalue weighted by Gasteiger charge is 2.55. The molecule has 4 nitrogen and oxygen atoms in total. The van der Waals surface area contributed by atoms with Crippen LogP contribution in [-0.2, 0) is 18.9 Å². The van der Waals surface area contributed by atoms with Gasteiger partial charge in [-0.1, -0.05) is 20.8 Å². The quantitative estimate of drug-likeness (QED) is 0.795. The van der Waals surface area contributed by atoms with Gasteiger partial charge in [-0.05, 0) is 37.7 Å². The fourth-order valence-electron chi connectivity index (χ4n) is 4.64. The number of nitrogens with zero attached hydrogens (tertiary/aromatic N) is 3. The summed E-state index contributed by atoms with van der Waals surface area (Å²) in [4.78, 5) is 0. The van der Waals surface area contributed by atoms with Crippen LogP contribution in [0.5, 0.6) is 0 Å². The van der Waals surface area contributed by atoms with E-state index in [4.69, 9.17) is 5.10 Å². The first kappa shape index (κ1) is 14.2. The van der Waals surface area contributed by atoms with E-state index in [0.717, 1.165) is 18.5 Å². The number of aromatic nitrogens is 2. The molecule has 0 bridgehead atoms. The Labute approximate surface area is 126 Å². The van der Waals surface area contributed by atoms with Crippen LogP contribution in [0.4, 0.5) is 0 Å². The molecule has 0 amide bonds. The van der Waals surface area contributed by atoms with Crippen molar-refractivity contribution in [2.45, 2.75) is 52.4 Å². The third-order valence-electron chi connectivity index (χ3n) is 5.90. The summed E-state index contributed by atoms with van der Waals surface area (Å²) in [6, 6.07) is 2.21. The lowest BCUT2D eigenvalue weighted by Crippen LogP contribution is -2.49. The molecule has 0 unspecified atom stereocenters. The second-order valence-corrected chi connectivity index (χ2v) is 7.38. The highest BCUT2D eigenvalue weighted by Crippen LogP contribution is 2.58. The lowest BCUT2D eigenvalue weighted by atomic mass is 9.52. The lowest BCUT2D eigenvalue weighted by molar-refractivity contribution is 0.0632. The molecule has 0 spiro atoms. The molecule has 2 aliphatic carbocycles. The van der Waals surface area contributed by atoms with E-state index in [0.29, 0.717) is 17.9 Å². The molecule has 21 heavy (non-hydrogen) atoms. The predicted molar refractivity (Wildman–Crippen MR) is 80.8 cm³/mol. The molecule has 0 aliphatic heterocycles. The van der Waals surface area contributed by atoms with E-state index >= 15 is 0 Å². The van der Waals surface area contributed by atoms with Crippen molar-refractivity contribution >= 4 is 0 Å². The summed E-state index contributed by atoms with van der Waals surface area (Å²) in [7, 11) is 1.98. The molecule has 1 aromatic rings. The summed E-state index contributed by atoms with van der Waals surface area (Å²) in [5.74, 6) is 0.590. The Morgan fingerprint density at radius 1 is 1.38 bits per heavy atom. The minimum absolute atomic E-state index is 0.166. The monoisotopic (exact) mass is 285 g/mol. The number of fused-ring (bicyclic) bond motifs is 3. The average molecular weight is 285 g/mol. The van der Waals surface area contributed by atoms with Crippen molar-refractivity contribution in [3.8, 4) is 6.07 Å². The molecule has 0 saturated heterocycles. The Hall–Kier alpha value is -1.76. The fraction of sp³-hybridized carbons (Fsp3) is 0.647. The largest absolute Gasteiger partial charge is 0.511 e. The van der Waals surface area contributed by atoms with Crippen LogP contribution >= 0.6 is 0 Å². The molecular formula is C17H23N3O. The van der Waals surface area contributed by atoms with Gasteiger partial charge in [-0.25, -0.2) is 0 Å². The van der Waals surface area contributed by atoms with Gasteiger partial charge in [0.05, 0.1) is 17.3 Å². The molecule has 112 valence electrons. The van der Waals surface area contributed by atoms with E-state index < -0.39 is 0 Å². The molecule has 1 N–H and O–H groups in total. The molecule has 2 aliphatic rings. The molecule has 1 heterocycles. The van der Waals surface area contributed by atoms with Gasteiger partial charge in [0.1, 0.15) is 5.76 Å². The van der Waals surface area contributed by atoms with E-state index in [2.05, 4.69) is 33.8 Å². The smallest absolute Gasteiger partial charge is 0.112 e. The van der Waals surface area contributed by atoms with Crippen LogP contribution in [0, 0.1) is 29.6 Å². The predicted octanol–water partition coefficient (Wildman–Crippen LogP) is 3.31. The molecule has 1 aromatic heterocycles. The van der Waals surface area contributed by atoms with Crippen molar-refractivity contribution < 1.29 is 5.11 Å². The van der Waals surface area contributed by atoms with E-state index in [-0.39, 0.29) is 16.6 Å². The third-order valence-corrected chi connectivity index (χ3v) is 5.90. The zero-order valence-electron chi connectivity index (χ0n) is 13.5. The summed E-state index contributed by atoms with van der Waals surface area (Å²) in [6.07, 6.45) is 2.63. The normalized spacial score (nSPS) is 30.6. The van der Waals surface area contributed by atoms with Gasteiger partial charge in [-0.15, -0.1) is 0 Å². The second-order valence-electron chi connectivity index (χ2n) is 7.38. The van der Waals surface area contributed by atoms with E-state index in [1.54, 1.807) is 0 Å². The Morgan fingerprint density at radius 2 is 2.05 bits per heavy atom. The van der Waals surface area contributed by atoms with E-state index in [1.807, 2.05) is 11.7 Å². The fourth-order valence-corrected chi connectivity index (χ4v) is 4.64. The maximum absolute atomic E-state index is 10.5. The summed E-state index contributed by atoms with van der Waals surface area (Å²) in [6.45, 7) is 8.45. The van der Waals surface area contributed by atoms with Crippen molar-refractivity contribution in [2.75, 3.05) is 0 Å². The van der Waals surface area contributed by atoms with Crippen LogP contribution in [0.1, 0.15) is 50.6 Å². The first-order valence-corrected chi connectivity index (χ1v) is 7.59. The third kappa shape index (κ3) is 1.64. The van der Waals surface area contributed by atoms with Crippen LogP contribution in [0.2, 0.25) is 0 Å². The number of allylic oxidation sites excluding steroid dienone is 2. The van der Waals surface area contributed by atoms with Gasteiger partial charge < -0.3 is 5.11 Å². The van der Waals surface area contributed by atoms with Crippen molar-refractivity contribution in [3.63, 3.8) is 0 Å². The Bertz CT molecular complexity index is 690. The SMILES string of the molecule is Cc1c2c(nn1C)[C@@]1(C)CC(C#N)=C(O)C(C)(C)[C@@H]1CC2. The Morgan fingerprint density at radius 3 is 2.67 bits per heavy atom. The minimum atomic E-state index is -0.374. The highest BCUT2D eigenvalue weighted by molar-refractivity contribution is 5.43. The number of hydrogen-bond donors (Lipinski definition) is 1. The van der Waals surface area contributed by atoms with E-state index in [9.17, 15) is 10.4 Å². The molecule has 0 fully saturated rings. The minimum Gasteiger partial charge on any atom is -0.511 e. The van der Waals surface area contributed by atoms with Gasteiger partial charge in [-0.3, -0.25) is 4.68 Å². The molecule has 0 saturated carbocycles. The summed E-state index contributed by atoms with van der Waals surface area (Å²) >= 11 is 0. The number of aliphatic hydroxyl groups excluding tert-OH is 1. The Kier molecular flexibility index (Phi) is 2.79. The van der Waals surface area contributed by atoms with Gasteiger partial charge in [0, 0.05) is 23.6 Å². The van der Waals surface area contributed by atoms with Crippen LogP contribution in [0.25, 0.3) is 0 Å². The average Bonchev–Trinajstić information content (AvgIpc) is 2.72. The number of hydrogen-bond acceptors (Lipinski definition) is 3. The van der Waals surface area contributed by atoms with Gasteiger partial charge >= 0.3 is 0 Å². The van der Waals surface area contributed by atoms with Crippen molar-refractivity contribution in [1.82, 2.24) is 9.78 Å². The maximum Gasteiger partial charge on any atom is 0.112 e. The van der Waals surface area contributed by atoms with Crippen molar-refractivity contribution in [1.29, 1.82) is 5.26 Å². The van der Waals surface area contributed by atoms with Gasteiger partial charge in [0.15, 0.2) is 0 Å². The number of aliphatic hydroxyl groups is 1. The van der Waals surface area contributed by atoms with Crippen molar-refractivity contribution in [3.05, 3.63) is 28.3 Å². The lowest BCUT2D eigenvalue weighted by Gasteiger charge is -2.51. The molecule has 3 rings (SSSR count). The van der Waals surface area contributed by atoms with Gasteiger partial charge in [0.25, 0.3) is 0 Å².